The summed E-state index contributed by atoms with van der Waals surface area (Å²) < 4.78 is 0. The van der Waals surface area contributed by atoms with Gasteiger partial charge in [-0.2, -0.15) is 4.98 Å². The fourth-order valence-corrected chi connectivity index (χ4v) is 4.41. The Morgan fingerprint density at radius 1 is 1.10 bits per heavy atom. The molecule has 10 heteroatoms. The fraction of sp³-hybridized carbons (Fsp3) is 0.368. The van der Waals surface area contributed by atoms with E-state index in [0.29, 0.717) is 17.0 Å². The van der Waals surface area contributed by atoms with Crippen LogP contribution in [0.1, 0.15) is 30.5 Å². The first kappa shape index (κ1) is 17.9. The number of carbonyl (C=O) groups excluding carboxylic acids is 1. The number of aromatic nitrogens is 5. The Balaban J connectivity index is 1.44. The topological polar surface area (TPSA) is 109 Å². The average Bonchev–Trinajstić information content (AvgIpc) is 3.49. The molecule has 9 nitrogen and oxygen atoms in total. The van der Waals surface area contributed by atoms with E-state index in [1.165, 1.54) is 11.3 Å². The highest BCUT2D eigenvalue weighted by atomic mass is 32.1. The minimum atomic E-state index is -0.306. The van der Waals surface area contributed by atoms with E-state index in [4.69, 9.17) is 9.97 Å². The van der Waals surface area contributed by atoms with Crippen molar-refractivity contribution in [2.45, 2.75) is 38.1 Å². The van der Waals surface area contributed by atoms with Crippen LogP contribution in [0.5, 0.6) is 0 Å². The van der Waals surface area contributed by atoms with Gasteiger partial charge >= 0.3 is 0 Å². The van der Waals surface area contributed by atoms with Crippen molar-refractivity contribution in [3.05, 3.63) is 41.3 Å². The molecule has 1 atom stereocenters. The smallest absolute Gasteiger partial charge is 0.248 e. The van der Waals surface area contributed by atoms with E-state index >= 15 is 0 Å². The summed E-state index contributed by atoms with van der Waals surface area (Å²) in [6.45, 7) is 0.746. The monoisotopic (exact) mass is 408 g/mol. The van der Waals surface area contributed by atoms with E-state index in [-0.39, 0.29) is 11.9 Å². The summed E-state index contributed by atoms with van der Waals surface area (Å²) >= 11 is 1.41. The van der Waals surface area contributed by atoms with Crippen molar-refractivity contribution in [1.82, 2.24) is 24.9 Å². The number of carbonyl (C=O) groups is 1. The molecule has 0 bridgehead atoms. The largest absolute Gasteiger partial charge is 0.329 e. The molecule has 1 aliphatic carbocycles. The molecule has 0 spiro atoms. The highest BCUT2D eigenvalue weighted by molar-refractivity contribution is 7.13. The number of anilines is 4. The second-order valence-electron chi connectivity index (χ2n) is 7.03. The lowest BCUT2D eigenvalue weighted by Crippen LogP contribution is -2.40. The molecule has 1 fully saturated rings. The number of nitrogens with one attached hydrogen (secondary N) is 2. The Morgan fingerprint density at radius 2 is 2.00 bits per heavy atom. The van der Waals surface area contributed by atoms with Gasteiger partial charge in [-0.05, 0) is 38.2 Å². The zero-order chi connectivity index (χ0) is 19.6. The van der Waals surface area contributed by atoms with Gasteiger partial charge in [-0.3, -0.25) is 4.79 Å². The number of hydrogen-bond donors (Lipinski definition) is 2. The third-order valence-corrected chi connectivity index (χ3v) is 5.88. The Morgan fingerprint density at radius 3 is 2.83 bits per heavy atom. The highest BCUT2D eigenvalue weighted by Crippen LogP contribution is 2.32. The lowest BCUT2D eigenvalue weighted by atomic mass is 10.2. The first-order chi connectivity index (χ1) is 14.3. The molecular weight excluding hydrogens is 388 g/mol. The maximum Gasteiger partial charge on any atom is 0.248 e. The van der Waals surface area contributed by atoms with Crippen molar-refractivity contribution >= 4 is 40.1 Å². The van der Waals surface area contributed by atoms with E-state index < -0.39 is 0 Å². The molecule has 4 heterocycles. The molecule has 148 valence electrons. The van der Waals surface area contributed by atoms with E-state index in [1.54, 1.807) is 24.7 Å². The molecule has 5 rings (SSSR count). The third kappa shape index (κ3) is 3.63. The van der Waals surface area contributed by atoms with Crippen LogP contribution in [0, 0.1) is 0 Å². The molecule has 0 unspecified atom stereocenters. The standard InChI is InChI=1S/C19H20N8OS/c28-16(26-19-22-9-11-29-19)14-6-2-10-27(14)18-23-13-5-1-4-12(13)15(25-18)24-17-20-7-3-8-21-17/h3,7-9,11,14H,1-2,4-6,10H2,(H,22,26,28)(H,20,21,23,24,25)/t14-/m1/s1. The highest BCUT2D eigenvalue weighted by Gasteiger charge is 2.34. The molecule has 2 aliphatic rings. The number of aryl methyl sites for hydroxylation is 1. The molecule has 3 aromatic heterocycles. The lowest BCUT2D eigenvalue weighted by molar-refractivity contribution is -0.117. The molecule has 2 N–H and O–H groups in total. The van der Waals surface area contributed by atoms with E-state index in [1.807, 2.05) is 10.3 Å². The maximum atomic E-state index is 12.8. The number of hydrogen-bond acceptors (Lipinski definition) is 9. The van der Waals surface area contributed by atoms with E-state index in [0.717, 1.165) is 55.7 Å². The molecular formula is C19H20N8OS. The van der Waals surface area contributed by atoms with Gasteiger partial charge in [0.15, 0.2) is 5.13 Å². The summed E-state index contributed by atoms with van der Waals surface area (Å²) in [7, 11) is 0. The summed E-state index contributed by atoms with van der Waals surface area (Å²) in [5.41, 5.74) is 2.16. The van der Waals surface area contributed by atoms with Crippen molar-refractivity contribution in [3.63, 3.8) is 0 Å². The predicted octanol–water partition coefficient (Wildman–Crippen LogP) is 2.56. The number of fused-ring (bicyclic) bond motifs is 1. The fourth-order valence-electron chi connectivity index (χ4n) is 3.87. The van der Waals surface area contributed by atoms with Crippen molar-refractivity contribution in [3.8, 4) is 0 Å². The molecule has 0 aromatic carbocycles. The van der Waals surface area contributed by atoms with Crippen LogP contribution in [-0.2, 0) is 17.6 Å². The van der Waals surface area contributed by atoms with E-state index in [2.05, 4.69) is 25.6 Å². The molecule has 1 saturated heterocycles. The van der Waals surface area contributed by atoms with Crippen LogP contribution in [0.25, 0.3) is 0 Å². The molecule has 29 heavy (non-hydrogen) atoms. The summed E-state index contributed by atoms with van der Waals surface area (Å²) in [6, 6.07) is 1.47. The maximum absolute atomic E-state index is 12.8. The second-order valence-corrected chi connectivity index (χ2v) is 7.92. The van der Waals surface area contributed by atoms with Gasteiger partial charge < -0.3 is 15.5 Å². The summed E-state index contributed by atoms with van der Waals surface area (Å²) in [4.78, 5) is 37.1. The van der Waals surface area contributed by atoms with Gasteiger partial charge in [-0.15, -0.1) is 11.3 Å². The van der Waals surface area contributed by atoms with Crippen molar-refractivity contribution in [2.75, 3.05) is 22.1 Å². The van der Waals surface area contributed by atoms with Gasteiger partial charge in [0.25, 0.3) is 0 Å². The Hall–Kier alpha value is -3.14. The molecule has 0 saturated carbocycles. The second kappa shape index (κ2) is 7.70. The van der Waals surface area contributed by atoms with E-state index in [9.17, 15) is 4.79 Å². The first-order valence-corrected chi connectivity index (χ1v) is 10.6. The van der Waals surface area contributed by atoms with Crippen LogP contribution in [0.2, 0.25) is 0 Å². The van der Waals surface area contributed by atoms with Crippen LogP contribution in [0.4, 0.5) is 22.8 Å². The van der Waals surface area contributed by atoms with Crippen molar-refractivity contribution in [2.24, 2.45) is 0 Å². The minimum Gasteiger partial charge on any atom is -0.329 e. The van der Waals surface area contributed by atoms with Gasteiger partial charge in [0.1, 0.15) is 11.9 Å². The third-order valence-electron chi connectivity index (χ3n) is 5.19. The quantitative estimate of drug-likeness (QED) is 0.663. The number of rotatable bonds is 5. The zero-order valence-electron chi connectivity index (χ0n) is 15.7. The first-order valence-electron chi connectivity index (χ1n) is 9.69. The van der Waals surface area contributed by atoms with Gasteiger partial charge in [-0.1, -0.05) is 0 Å². The Labute approximate surface area is 171 Å². The Bertz CT molecular complexity index is 1010. The average molecular weight is 408 g/mol. The van der Waals surface area contributed by atoms with Gasteiger partial charge in [0, 0.05) is 36.1 Å². The van der Waals surface area contributed by atoms with Gasteiger partial charge in [0.2, 0.25) is 17.8 Å². The normalized spacial score (nSPS) is 17.9. The number of amides is 1. The SMILES string of the molecule is O=C(Nc1nccs1)[C@H]1CCCN1c1nc2c(c(Nc3ncccn3)n1)CCC2. The lowest BCUT2D eigenvalue weighted by Gasteiger charge is -2.24. The molecule has 0 radical (unpaired) electrons. The summed E-state index contributed by atoms with van der Waals surface area (Å²) in [5, 5.41) is 8.60. The summed E-state index contributed by atoms with van der Waals surface area (Å²) in [5.74, 6) is 1.76. The van der Waals surface area contributed by atoms with Crippen LogP contribution >= 0.6 is 11.3 Å². The Kier molecular flexibility index (Phi) is 4.76. The zero-order valence-corrected chi connectivity index (χ0v) is 16.5. The van der Waals surface area contributed by atoms with Gasteiger partial charge in [-0.25, -0.2) is 19.9 Å². The van der Waals surface area contributed by atoms with Crippen molar-refractivity contribution in [1.29, 1.82) is 0 Å². The van der Waals surface area contributed by atoms with Gasteiger partial charge in [0.05, 0.1) is 5.69 Å². The van der Waals surface area contributed by atoms with Crippen LogP contribution in [-0.4, -0.2) is 43.4 Å². The van der Waals surface area contributed by atoms with Crippen LogP contribution in [0.15, 0.2) is 30.0 Å². The molecule has 1 amide bonds. The van der Waals surface area contributed by atoms with Crippen molar-refractivity contribution < 1.29 is 4.79 Å². The number of nitrogens with zero attached hydrogens (tertiary/aromatic N) is 6. The molecule has 3 aromatic rings. The molecule has 1 aliphatic heterocycles. The predicted molar refractivity (Wildman–Crippen MR) is 110 cm³/mol. The van der Waals surface area contributed by atoms with Crippen LogP contribution in [0.3, 0.4) is 0 Å². The van der Waals surface area contributed by atoms with Crippen LogP contribution < -0.4 is 15.5 Å². The summed E-state index contributed by atoms with van der Waals surface area (Å²) in [6.07, 6.45) is 9.64. The minimum absolute atomic E-state index is 0.0672. The number of thiazole rings is 1.